The van der Waals surface area contributed by atoms with Gasteiger partial charge in [-0.3, -0.25) is 20.4 Å². The highest BCUT2D eigenvalue weighted by Gasteiger charge is 2.23. The second-order valence-corrected chi connectivity index (χ2v) is 9.44. The summed E-state index contributed by atoms with van der Waals surface area (Å²) < 4.78 is 5.36. The van der Waals surface area contributed by atoms with Crippen LogP contribution in [0.3, 0.4) is 0 Å². The second kappa shape index (κ2) is 8.18. The number of hydrogen-bond acceptors (Lipinski definition) is 7. The van der Waals surface area contributed by atoms with E-state index < -0.39 is 0 Å². The Bertz CT molecular complexity index is 886. The minimum Gasteiger partial charge on any atom is -0.378 e. The van der Waals surface area contributed by atoms with Crippen molar-refractivity contribution in [3.8, 4) is 0 Å². The number of ether oxygens (including phenoxy) is 1. The number of amides is 2. The number of carbonyl (C=O) groups excluding carboxylic acids is 2. The van der Waals surface area contributed by atoms with Gasteiger partial charge in [0.2, 0.25) is 0 Å². The summed E-state index contributed by atoms with van der Waals surface area (Å²) in [5.41, 5.74) is 7.03. The summed E-state index contributed by atoms with van der Waals surface area (Å²) in [6, 6.07) is 1.96. The van der Waals surface area contributed by atoms with Gasteiger partial charge in [-0.05, 0) is 43.7 Å². The van der Waals surface area contributed by atoms with Crippen molar-refractivity contribution < 1.29 is 14.3 Å². The average molecular weight is 421 g/mol. The van der Waals surface area contributed by atoms with Crippen molar-refractivity contribution in [1.29, 1.82) is 0 Å². The van der Waals surface area contributed by atoms with Crippen LogP contribution in [0.4, 0.5) is 5.13 Å². The van der Waals surface area contributed by atoms with E-state index in [2.05, 4.69) is 27.7 Å². The summed E-state index contributed by atoms with van der Waals surface area (Å²) in [7, 11) is 0. The molecule has 7 nitrogen and oxygen atoms in total. The fourth-order valence-electron chi connectivity index (χ4n) is 3.53. The van der Waals surface area contributed by atoms with Crippen LogP contribution in [-0.4, -0.2) is 43.1 Å². The third kappa shape index (κ3) is 4.06. The third-order valence-corrected chi connectivity index (χ3v) is 7.57. The molecule has 2 N–H and O–H groups in total. The zero-order chi connectivity index (χ0) is 19.7. The minimum absolute atomic E-state index is 0.268. The molecule has 0 radical (unpaired) electrons. The van der Waals surface area contributed by atoms with Crippen LogP contribution in [0.15, 0.2) is 6.07 Å². The van der Waals surface area contributed by atoms with Crippen molar-refractivity contribution in [2.75, 3.05) is 31.2 Å². The fourth-order valence-corrected chi connectivity index (χ4v) is 5.65. The van der Waals surface area contributed by atoms with E-state index in [9.17, 15) is 9.59 Å². The van der Waals surface area contributed by atoms with Crippen LogP contribution < -0.4 is 15.8 Å². The Labute approximate surface area is 172 Å². The Morgan fingerprint density at radius 2 is 1.96 bits per heavy atom. The van der Waals surface area contributed by atoms with Gasteiger partial charge in [0.25, 0.3) is 11.8 Å². The first kappa shape index (κ1) is 19.4. The monoisotopic (exact) mass is 420 g/mol. The van der Waals surface area contributed by atoms with Gasteiger partial charge in [0, 0.05) is 18.0 Å². The van der Waals surface area contributed by atoms with Crippen molar-refractivity contribution in [1.82, 2.24) is 15.8 Å². The maximum absolute atomic E-state index is 12.5. The Hall–Kier alpha value is -1.97. The summed E-state index contributed by atoms with van der Waals surface area (Å²) in [6.07, 6.45) is 3.22. The van der Waals surface area contributed by atoms with Crippen molar-refractivity contribution in [3.63, 3.8) is 0 Å². The highest BCUT2D eigenvalue weighted by Crippen LogP contribution is 2.32. The molecule has 1 aliphatic carbocycles. The number of hydrazine groups is 1. The second-order valence-electron chi connectivity index (χ2n) is 7.33. The number of carbonyl (C=O) groups is 2. The largest absolute Gasteiger partial charge is 0.378 e. The fraction of sp³-hybridized carbons (Fsp3) is 0.526. The minimum atomic E-state index is -0.335. The van der Waals surface area contributed by atoms with Crippen LogP contribution in [0.25, 0.3) is 0 Å². The molecule has 2 aromatic rings. The van der Waals surface area contributed by atoms with E-state index in [0.29, 0.717) is 34.6 Å². The molecule has 2 amide bonds. The maximum atomic E-state index is 12.5. The highest BCUT2D eigenvalue weighted by atomic mass is 32.1. The summed E-state index contributed by atoms with van der Waals surface area (Å²) >= 11 is 2.87. The van der Waals surface area contributed by atoms with Crippen molar-refractivity contribution >= 4 is 39.6 Å². The summed E-state index contributed by atoms with van der Waals surface area (Å²) in [5, 5.41) is 0.817. The molecule has 0 aromatic carbocycles. The average Bonchev–Trinajstić information content (AvgIpc) is 3.29. The zero-order valence-corrected chi connectivity index (χ0v) is 17.7. The van der Waals surface area contributed by atoms with Gasteiger partial charge in [0.05, 0.1) is 23.8 Å². The summed E-state index contributed by atoms with van der Waals surface area (Å²) in [5.74, 6) is 0.0569. The number of nitrogens with zero attached hydrogens (tertiary/aromatic N) is 2. The topological polar surface area (TPSA) is 83.6 Å². The molecule has 3 heterocycles. The van der Waals surface area contributed by atoms with Crippen LogP contribution in [0.5, 0.6) is 0 Å². The van der Waals surface area contributed by atoms with Crippen LogP contribution >= 0.6 is 22.7 Å². The predicted octanol–water partition coefficient (Wildman–Crippen LogP) is 2.55. The Morgan fingerprint density at radius 1 is 1.21 bits per heavy atom. The number of morpholine rings is 1. The van der Waals surface area contributed by atoms with Gasteiger partial charge >= 0.3 is 0 Å². The van der Waals surface area contributed by atoms with Gasteiger partial charge < -0.3 is 9.64 Å². The molecule has 0 saturated carbocycles. The quantitative estimate of drug-likeness (QED) is 0.746. The molecule has 1 atom stereocenters. The Balaban J connectivity index is 1.38. The van der Waals surface area contributed by atoms with E-state index in [4.69, 9.17) is 4.74 Å². The lowest BCUT2D eigenvalue weighted by atomic mass is 9.90. The van der Waals surface area contributed by atoms with Crippen LogP contribution in [0.2, 0.25) is 0 Å². The van der Waals surface area contributed by atoms with Gasteiger partial charge in [-0.1, -0.05) is 18.3 Å². The lowest BCUT2D eigenvalue weighted by molar-refractivity contribution is 0.0850. The number of nitrogens with one attached hydrogen (secondary N) is 2. The number of aromatic nitrogens is 1. The van der Waals surface area contributed by atoms with Gasteiger partial charge in [-0.2, -0.15) is 0 Å². The molecule has 2 aliphatic rings. The number of hydrogen-bond donors (Lipinski definition) is 2. The summed E-state index contributed by atoms with van der Waals surface area (Å²) in [4.78, 5) is 34.1. The molecule has 1 aliphatic heterocycles. The van der Waals surface area contributed by atoms with Crippen LogP contribution in [0.1, 0.15) is 48.8 Å². The standard InChI is InChI=1S/C19H24N4O3S2/c1-11-3-4-14-13(9-11)10-15(27-14)17(24)21-22-18(25)16-12(2)20-19(28-16)23-5-7-26-8-6-23/h10-11H,3-9H2,1-2H3,(H,21,24)(H,22,25). The first-order valence-corrected chi connectivity index (χ1v) is 11.2. The van der Waals surface area contributed by atoms with E-state index in [-0.39, 0.29) is 11.8 Å². The van der Waals surface area contributed by atoms with E-state index in [1.165, 1.54) is 39.5 Å². The van der Waals surface area contributed by atoms with Gasteiger partial charge in [-0.25, -0.2) is 4.98 Å². The number of rotatable bonds is 3. The zero-order valence-electron chi connectivity index (χ0n) is 16.0. The van der Waals surface area contributed by atoms with Crippen molar-refractivity contribution in [2.24, 2.45) is 5.92 Å². The normalized spacial score (nSPS) is 19.2. The lowest BCUT2D eigenvalue weighted by Crippen LogP contribution is -2.41. The van der Waals surface area contributed by atoms with Gasteiger partial charge in [0.1, 0.15) is 4.88 Å². The van der Waals surface area contributed by atoms with E-state index in [0.717, 1.165) is 31.1 Å². The van der Waals surface area contributed by atoms with Gasteiger partial charge in [0.15, 0.2) is 5.13 Å². The molecule has 1 unspecified atom stereocenters. The number of fused-ring (bicyclic) bond motifs is 1. The number of aryl methyl sites for hydroxylation is 2. The molecule has 1 saturated heterocycles. The van der Waals surface area contributed by atoms with Gasteiger partial charge in [-0.15, -0.1) is 11.3 Å². The number of thiophene rings is 1. The molecule has 1 fully saturated rings. The molecule has 150 valence electrons. The SMILES string of the molecule is Cc1nc(N2CCOCC2)sc1C(=O)NNC(=O)c1cc2c(s1)CCC(C)C2. The van der Waals surface area contributed by atoms with E-state index in [1.54, 1.807) is 0 Å². The first-order chi connectivity index (χ1) is 13.5. The predicted molar refractivity (Wildman–Crippen MR) is 110 cm³/mol. The van der Waals surface area contributed by atoms with E-state index in [1.807, 2.05) is 13.0 Å². The molecule has 0 spiro atoms. The Kier molecular flexibility index (Phi) is 5.65. The molecular formula is C19H24N4O3S2. The molecule has 0 bridgehead atoms. The highest BCUT2D eigenvalue weighted by molar-refractivity contribution is 7.17. The smallest absolute Gasteiger partial charge is 0.281 e. The molecule has 28 heavy (non-hydrogen) atoms. The molecule has 2 aromatic heterocycles. The van der Waals surface area contributed by atoms with Crippen molar-refractivity contribution in [2.45, 2.75) is 33.1 Å². The molecular weight excluding hydrogens is 396 g/mol. The maximum Gasteiger partial charge on any atom is 0.281 e. The number of anilines is 1. The molecule has 9 heteroatoms. The first-order valence-electron chi connectivity index (χ1n) is 9.53. The summed E-state index contributed by atoms with van der Waals surface area (Å²) in [6.45, 7) is 6.92. The third-order valence-electron chi connectivity index (χ3n) is 5.12. The van der Waals surface area contributed by atoms with Crippen molar-refractivity contribution in [3.05, 3.63) is 32.0 Å². The number of thiazole rings is 1. The Morgan fingerprint density at radius 3 is 2.75 bits per heavy atom. The van der Waals surface area contributed by atoms with Crippen LogP contribution in [0, 0.1) is 12.8 Å². The molecule has 4 rings (SSSR count). The van der Waals surface area contributed by atoms with Crippen LogP contribution in [-0.2, 0) is 17.6 Å². The lowest BCUT2D eigenvalue weighted by Gasteiger charge is -2.25. The van der Waals surface area contributed by atoms with E-state index >= 15 is 0 Å².